The van der Waals surface area contributed by atoms with Gasteiger partial charge in [-0.05, 0) is 60.4 Å². The van der Waals surface area contributed by atoms with E-state index in [1.165, 1.54) is 4.90 Å². The summed E-state index contributed by atoms with van der Waals surface area (Å²) in [6, 6.07) is 20.3. The van der Waals surface area contributed by atoms with Gasteiger partial charge in [-0.2, -0.15) is 0 Å². The molecule has 0 saturated carbocycles. The summed E-state index contributed by atoms with van der Waals surface area (Å²) in [7, 11) is -3.86. The molecule has 1 N–H and O–H groups in total. The molecule has 0 aliphatic carbocycles. The van der Waals surface area contributed by atoms with Crippen molar-refractivity contribution in [2.45, 2.75) is 39.3 Å². The van der Waals surface area contributed by atoms with Gasteiger partial charge in [0.2, 0.25) is 21.8 Å². The third kappa shape index (κ3) is 8.71. The number of nitrogens with one attached hydrogen (secondary N) is 1. The van der Waals surface area contributed by atoms with Crippen molar-refractivity contribution in [1.29, 1.82) is 0 Å². The zero-order valence-electron chi connectivity index (χ0n) is 22.2. The molecule has 0 heterocycles. The number of benzene rings is 3. The number of amides is 2. The van der Waals surface area contributed by atoms with Crippen LogP contribution in [0.2, 0.25) is 10.0 Å². The normalized spacial score (nSPS) is 12.0. The fourth-order valence-electron chi connectivity index (χ4n) is 4.25. The van der Waals surface area contributed by atoms with Crippen LogP contribution in [-0.4, -0.2) is 50.5 Å². The Morgan fingerprint density at radius 2 is 1.59 bits per heavy atom. The highest BCUT2D eigenvalue weighted by Crippen LogP contribution is 2.26. The molecule has 0 saturated heterocycles. The first-order chi connectivity index (χ1) is 18.5. The molecule has 0 aromatic heterocycles. The lowest BCUT2D eigenvalue weighted by molar-refractivity contribution is -0.140. The highest BCUT2D eigenvalue weighted by Gasteiger charge is 2.33. The Hall–Kier alpha value is -3.07. The molecule has 10 heteroatoms. The Morgan fingerprint density at radius 3 is 2.21 bits per heavy atom. The number of sulfonamides is 1. The monoisotopic (exact) mass is 589 g/mol. The summed E-state index contributed by atoms with van der Waals surface area (Å²) in [4.78, 5) is 28.9. The predicted molar refractivity (Wildman–Crippen MR) is 158 cm³/mol. The van der Waals surface area contributed by atoms with E-state index < -0.39 is 28.5 Å². The van der Waals surface area contributed by atoms with Crippen molar-refractivity contribution in [1.82, 2.24) is 10.2 Å². The van der Waals surface area contributed by atoms with E-state index in [1.54, 1.807) is 43.3 Å². The minimum atomic E-state index is -3.86. The minimum Gasteiger partial charge on any atom is -0.354 e. The Balaban J connectivity index is 2.06. The van der Waals surface area contributed by atoms with Crippen molar-refractivity contribution in [3.63, 3.8) is 0 Å². The smallest absolute Gasteiger partial charge is 0.244 e. The number of halogens is 2. The molecule has 3 aromatic carbocycles. The standard InChI is InChI=1S/C29H33Cl2N3O4S/c1-4-15-32-29(36)27(18-22-9-6-5-7-10-22)33(19-23-11-8-12-24(30)17-23)28(35)20-34(39(3,37)38)26-14-13-25(31)16-21(26)2/h5-14,16-17,27H,4,15,18-20H2,1-3H3,(H,32,36). The molecule has 208 valence electrons. The quantitative estimate of drug-likeness (QED) is 0.313. The molecule has 0 aliphatic heterocycles. The molecule has 7 nitrogen and oxygen atoms in total. The van der Waals surface area contributed by atoms with Gasteiger partial charge in [-0.25, -0.2) is 8.42 Å². The van der Waals surface area contributed by atoms with Crippen molar-refractivity contribution in [3.05, 3.63) is 99.5 Å². The SMILES string of the molecule is CCCNC(=O)C(Cc1ccccc1)N(Cc1cccc(Cl)c1)C(=O)CN(c1ccc(Cl)cc1C)S(C)(=O)=O. The van der Waals surface area contributed by atoms with Crippen LogP contribution >= 0.6 is 23.2 Å². The average molecular weight is 591 g/mol. The molecular weight excluding hydrogens is 557 g/mol. The first-order valence-corrected chi connectivity index (χ1v) is 15.2. The van der Waals surface area contributed by atoms with E-state index in [0.717, 1.165) is 22.5 Å². The van der Waals surface area contributed by atoms with Gasteiger partial charge in [0.25, 0.3) is 0 Å². The van der Waals surface area contributed by atoms with E-state index in [4.69, 9.17) is 23.2 Å². The first-order valence-electron chi connectivity index (χ1n) is 12.6. The van der Waals surface area contributed by atoms with E-state index in [9.17, 15) is 18.0 Å². The minimum absolute atomic E-state index is 0.0631. The van der Waals surface area contributed by atoms with Crippen LogP contribution in [0.3, 0.4) is 0 Å². The Labute approximate surface area is 240 Å². The zero-order chi connectivity index (χ0) is 28.6. The lowest BCUT2D eigenvalue weighted by atomic mass is 10.0. The molecule has 3 rings (SSSR count). The Morgan fingerprint density at radius 1 is 0.923 bits per heavy atom. The summed E-state index contributed by atoms with van der Waals surface area (Å²) in [6.07, 6.45) is 2.02. The van der Waals surface area contributed by atoms with Gasteiger partial charge in [0.05, 0.1) is 11.9 Å². The van der Waals surface area contributed by atoms with Crippen LogP contribution in [0.1, 0.15) is 30.0 Å². The van der Waals surface area contributed by atoms with Crippen molar-refractivity contribution in [2.24, 2.45) is 0 Å². The van der Waals surface area contributed by atoms with E-state index in [2.05, 4.69) is 5.32 Å². The maximum Gasteiger partial charge on any atom is 0.244 e. The fraction of sp³-hybridized carbons (Fsp3) is 0.310. The van der Waals surface area contributed by atoms with Crippen LogP contribution < -0.4 is 9.62 Å². The van der Waals surface area contributed by atoms with Crippen LogP contribution in [0, 0.1) is 6.92 Å². The van der Waals surface area contributed by atoms with Gasteiger partial charge in [0.15, 0.2) is 0 Å². The third-order valence-electron chi connectivity index (χ3n) is 6.17. The molecule has 39 heavy (non-hydrogen) atoms. The van der Waals surface area contributed by atoms with Crippen LogP contribution in [0.4, 0.5) is 5.69 Å². The fourth-order valence-corrected chi connectivity index (χ4v) is 5.59. The van der Waals surface area contributed by atoms with Gasteiger partial charge < -0.3 is 10.2 Å². The maximum atomic E-state index is 14.0. The maximum absolute atomic E-state index is 14.0. The van der Waals surface area contributed by atoms with Crippen LogP contribution in [0.15, 0.2) is 72.8 Å². The molecule has 0 fully saturated rings. The summed E-state index contributed by atoms with van der Waals surface area (Å²) in [5, 5.41) is 3.85. The van der Waals surface area contributed by atoms with E-state index >= 15 is 0 Å². The van der Waals surface area contributed by atoms with E-state index in [-0.39, 0.29) is 18.9 Å². The van der Waals surface area contributed by atoms with E-state index in [0.29, 0.717) is 33.4 Å². The molecule has 1 atom stereocenters. The molecule has 0 aliphatic rings. The molecule has 1 unspecified atom stereocenters. The lowest BCUT2D eigenvalue weighted by Gasteiger charge is -2.33. The number of hydrogen-bond donors (Lipinski definition) is 1. The summed E-state index contributed by atoms with van der Waals surface area (Å²) in [5.74, 6) is -0.841. The summed E-state index contributed by atoms with van der Waals surface area (Å²) >= 11 is 12.3. The lowest BCUT2D eigenvalue weighted by Crippen LogP contribution is -2.53. The number of aryl methyl sites for hydroxylation is 1. The van der Waals surface area contributed by atoms with Gasteiger partial charge in [0.1, 0.15) is 12.6 Å². The number of carbonyl (C=O) groups excluding carboxylic acids is 2. The molecule has 0 radical (unpaired) electrons. The van der Waals surface area contributed by atoms with Crippen LogP contribution in [0.25, 0.3) is 0 Å². The summed E-state index contributed by atoms with van der Waals surface area (Å²) in [5.41, 5.74) is 2.52. The molecular formula is C29H33Cl2N3O4S. The first kappa shape index (κ1) is 30.5. The van der Waals surface area contributed by atoms with Gasteiger partial charge in [-0.3, -0.25) is 13.9 Å². The number of carbonyl (C=O) groups is 2. The molecule has 3 aromatic rings. The highest BCUT2D eigenvalue weighted by atomic mass is 35.5. The second-order valence-corrected chi connectivity index (χ2v) is 12.1. The van der Waals surface area contributed by atoms with Gasteiger partial charge in [0, 0.05) is 29.6 Å². The molecule has 0 bridgehead atoms. The number of anilines is 1. The Bertz CT molecular complexity index is 1400. The molecule has 0 spiro atoms. The van der Waals surface area contributed by atoms with Gasteiger partial charge >= 0.3 is 0 Å². The number of hydrogen-bond acceptors (Lipinski definition) is 4. The van der Waals surface area contributed by atoms with Gasteiger partial charge in [-0.15, -0.1) is 0 Å². The van der Waals surface area contributed by atoms with Crippen molar-refractivity contribution in [2.75, 3.05) is 23.7 Å². The summed E-state index contributed by atoms with van der Waals surface area (Å²) < 4.78 is 26.8. The van der Waals surface area contributed by atoms with Crippen LogP contribution in [0.5, 0.6) is 0 Å². The van der Waals surface area contributed by atoms with Crippen molar-refractivity contribution >= 4 is 50.7 Å². The zero-order valence-corrected chi connectivity index (χ0v) is 24.6. The van der Waals surface area contributed by atoms with Crippen molar-refractivity contribution in [3.8, 4) is 0 Å². The third-order valence-corrected chi connectivity index (χ3v) is 7.77. The number of nitrogens with zero attached hydrogens (tertiary/aromatic N) is 2. The van der Waals surface area contributed by atoms with Crippen LogP contribution in [-0.2, 0) is 32.6 Å². The second-order valence-electron chi connectivity index (χ2n) is 9.35. The predicted octanol–water partition coefficient (Wildman–Crippen LogP) is 5.23. The highest BCUT2D eigenvalue weighted by molar-refractivity contribution is 7.92. The van der Waals surface area contributed by atoms with E-state index in [1.807, 2.05) is 43.3 Å². The van der Waals surface area contributed by atoms with Crippen molar-refractivity contribution < 1.29 is 18.0 Å². The average Bonchev–Trinajstić information content (AvgIpc) is 2.88. The second kappa shape index (κ2) is 13.8. The largest absolute Gasteiger partial charge is 0.354 e. The topological polar surface area (TPSA) is 86.8 Å². The summed E-state index contributed by atoms with van der Waals surface area (Å²) in [6.45, 7) is 3.69. The Kier molecular flexibility index (Phi) is 10.8. The van der Waals surface area contributed by atoms with Gasteiger partial charge in [-0.1, -0.05) is 72.6 Å². The molecule has 2 amide bonds. The number of rotatable bonds is 12.